The van der Waals surface area contributed by atoms with Crippen LogP contribution in [0.2, 0.25) is 0 Å². The molecule has 1 aromatic rings. The van der Waals surface area contributed by atoms with Crippen LogP contribution >= 0.6 is 27.3 Å². The zero-order valence-corrected chi connectivity index (χ0v) is 7.14. The summed E-state index contributed by atoms with van der Waals surface area (Å²) in [7, 11) is 0. The molecule has 1 nitrogen and oxygen atoms in total. The molecule has 0 N–H and O–H groups in total. The van der Waals surface area contributed by atoms with Gasteiger partial charge in [-0.15, -0.1) is 11.3 Å². The molecule has 0 unspecified atom stereocenters. The van der Waals surface area contributed by atoms with Gasteiger partial charge in [-0.2, -0.15) is 0 Å². The molecule has 0 fully saturated rings. The minimum absolute atomic E-state index is 0.00220. The molecule has 0 aliphatic carbocycles. The first-order valence-corrected chi connectivity index (χ1v) is 3.90. The van der Waals surface area contributed by atoms with Gasteiger partial charge in [-0.05, 0) is 22.8 Å². The summed E-state index contributed by atoms with van der Waals surface area (Å²) in [4.78, 5) is 3.59. The third kappa shape index (κ3) is 1.58. The summed E-state index contributed by atoms with van der Waals surface area (Å²) in [5.74, 6) is -2.98. The van der Waals surface area contributed by atoms with Crippen molar-refractivity contribution < 1.29 is 13.7 Å². The first-order chi connectivity index (χ1) is 8.62. The summed E-state index contributed by atoms with van der Waals surface area (Å²) in [5.41, 5.74) is -0.442. The van der Waals surface area contributed by atoms with Crippen molar-refractivity contribution in [2.75, 3.05) is 0 Å². The molecule has 0 aliphatic heterocycles. The van der Waals surface area contributed by atoms with Crippen molar-refractivity contribution in [1.82, 2.24) is 4.98 Å². The fourth-order valence-electron chi connectivity index (χ4n) is 0.408. The topological polar surface area (TPSA) is 12.9 Å². The Labute approximate surface area is 87.7 Å². The van der Waals surface area contributed by atoms with Crippen LogP contribution in [-0.2, 0) is 0 Å². The summed E-state index contributed by atoms with van der Waals surface area (Å²) >= 11 is 3.46. The second-order valence-corrected chi connectivity index (χ2v) is 3.83. The Bertz CT molecular complexity index is 483. The molecule has 0 aliphatic rings. The molecule has 0 aromatic carbocycles. The van der Waals surface area contributed by atoms with E-state index in [1.807, 2.05) is 0 Å². The van der Waals surface area contributed by atoms with E-state index in [4.69, 9.17) is 13.7 Å². The van der Waals surface area contributed by atoms with Gasteiger partial charge in [-0.3, -0.25) is 0 Å². The lowest BCUT2D eigenvalue weighted by Gasteiger charge is -1.94. The first kappa shape index (κ1) is 2.07. The van der Waals surface area contributed by atoms with Crippen LogP contribution in [0.1, 0.15) is 44.0 Å². The Morgan fingerprint density at radius 3 is 3.10 bits per heavy atom. The fraction of sp³-hybridized carbons (Fsp3) is 0.571. The van der Waals surface area contributed by atoms with Gasteiger partial charge in [-0.25, -0.2) is 4.98 Å². The Kier molecular flexibility index (Phi) is 0.624. The molecule has 1 heterocycles. The molecule has 0 spiro atoms. The quantitative estimate of drug-likeness (QED) is 0.721. The van der Waals surface area contributed by atoms with Crippen LogP contribution in [0.3, 0.4) is 0 Å². The van der Waals surface area contributed by atoms with E-state index in [0.717, 1.165) is 0 Å². The lowest BCUT2D eigenvalue weighted by atomic mass is 10.2. The van der Waals surface area contributed by atoms with E-state index in [1.54, 1.807) is 0 Å². The van der Waals surface area contributed by atoms with Crippen LogP contribution in [0, 0.1) is 6.85 Å². The Balaban J connectivity index is 3.55. The van der Waals surface area contributed by atoms with Gasteiger partial charge in [0.25, 0.3) is 0 Å². The monoisotopic (exact) mass is 229 g/mol. The van der Waals surface area contributed by atoms with E-state index >= 15 is 0 Å². The van der Waals surface area contributed by atoms with Gasteiger partial charge < -0.3 is 0 Å². The van der Waals surface area contributed by atoms with Gasteiger partial charge in [0.05, 0.1) is 14.5 Å². The molecular formula is C7H10BrNS. The number of hydrogen-bond acceptors (Lipinski definition) is 2. The Morgan fingerprint density at radius 2 is 2.60 bits per heavy atom. The first-order valence-electron chi connectivity index (χ1n) is 7.29. The zero-order chi connectivity index (χ0) is 16.1. The molecule has 56 valence electrons. The molecule has 0 bridgehead atoms. The number of hydrogen-bond donors (Lipinski definition) is 0. The maximum atomic E-state index is 7.90. The smallest absolute Gasteiger partial charge is 0.0965 e. The van der Waals surface area contributed by atoms with Crippen molar-refractivity contribution in [3.05, 3.63) is 14.5 Å². The molecule has 10 heavy (non-hydrogen) atoms. The maximum absolute atomic E-state index is 7.90. The van der Waals surface area contributed by atoms with Crippen LogP contribution < -0.4 is 0 Å². The minimum atomic E-state index is -3.18. The summed E-state index contributed by atoms with van der Waals surface area (Å²) in [5, 5.41) is -0.574. The van der Waals surface area contributed by atoms with Crippen LogP contribution in [0.15, 0.2) is 3.79 Å². The fourth-order valence-corrected chi connectivity index (χ4v) is 1.51. The lowest BCUT2D eigenvalue weighted by molar-refractivity contribution is 0.847. The van der Waals surface area contributed by atoms with E-state index in [0.29, 0.717) is 11.3 Å². The van der Waals surface area contributed by atoms with E-state index in [2.05, 4.69) is 20.9 Å². The average Bonchev–Trinajstić information content (AvgIpc) is 2.54. The van der Waals surface area contributed by atoms with Crippen LogP contribution in [0.5, 0.6) is 0 Å². The highest BCUT2D eigenvalue weighted by atomic mass is 79.9. The van der Waals surface area contributed by atoms with E-state index < -0.39 is 37.2 Å². The van der Waals surface area contributed by atoms with Gasteiger partial charge in [0.2, 0.25) is 0 Å². The molecule has 0 atom stereocenters. The van der Waals surface area contributed by atoms with Crippen LogP contribution in [-0.4, -0.2) is 4.98 Å². The summed E-state index contributed by atoms with van der Waals surface area (Å²) in [6, 6.07) is 0. The third-order valence-electron chi connectivity index (χ3n) is 0.800. The van der Waals surface area contributed by atoms with Gasteiger partial charge >= 0.3 is 0 Å². The van der Waals surface area contributed by atoms with Crippen LogP contribution in [0.4, 0.5) is 0 Å². The highest BCUT2D eigenvalue weighted by molar-refractivity contribution is 9.11. The van der Waals surface area contributed by atoms with Gasteiger partial charge in [0.1, 0.15) is 0 Å². The Hall–Kier alpha value is 0.110. The zero-order valence-electron chi connectivity index (χ0n) is 14.7. The average molecular weight is 230 g/mol. The van der Waals surface area contributed by atoms with E-state index in [-0.39, 0.29) is 3.79 Å². The molecule has 0 saturated heterocycles. The van der Waals surface area contributed by atoms with Crippen molar-refractivity contribution >= 4 is 27.3 Å². The van der Waals surface area contributed by atoms with E-state index in [9.17, 15) is 0 Å². The Morgan fingerprint density at radius 1 is 1.80 bits per heavy atom. The lowest BCUT2D eigenvalue weighted by Crippen LogP contribution is -1.83. The SMILES string of the molecule is [2H]C([2H])([2H])c1nc(C([2H])(C([2H])([2H])[2H])C([2H])([2H])[2H])sc1Br. The normalized spacial score (nSPS) is 30.5. The highest BCUT2D eigenvalue weighted by Crippen LogP contribution is 2.28. The van der Waals surface area contributed by atoms with Crippen LogP contribution in [0.25, 0.3) is 0 Å². The summed E-state index contributed by atoms with van der Waals surface area (Å²) in [6.07, 6.45) is 0. The van der Waals surface area contributed by atoms with Gasteiger partial charge in [0.15, 0.2) is 0 Å². The predicted octanol–water partition coefficient (Wildman–Crippen LogP) is 3.34. The molecular weight excluding hydrogens is 210 g/mol. The van der Waals surface area contributed by atoms with Crippen molar-refractivity contribution in [1.29, 1.82) is 0 Å². The predicted molar refractivity (Wildman–Crippen MR) is 48.6 cm³/mol. The second kappa shape index (κ2) is 3.01. The van der Waals surface area contributed by atoms with Crippen molar-refractivity contribution in [3.63, 3.8) is 0 Å². The number of aryl methyl sites for hydroxylation is 1. The van der Waals surface area contributed by atoms with Crippen molar-refractivity contribution in [2.24, 2.45) is 0 Å². The highest BCUT2D eigenvalue weighted by Gasteiger charge is 2.06. The number of nitrogens with zero attached hydrogens (tertiary/aromatic N) is 1. The summed E-state index contributed by atoms with van der Waals surface area (Å²) < 4.78 is 73.5. The third-order valence-corrected chi connectivity index (χ3v) is 2.52. The number of thiazole rings is 1. The molecule has 0 radical (unpaired) electrons. The molecule has 3 heteroatoms. The summed E-state index contributed by atoms with van der Waals surface area (Å²) in [6.45, 7) is -8.99. The number of rotatable bonds is 1. The van der Waals surface area contributed by atoms with Gasteiger partial charge in [-0.1, -0.05) is 13.7 Å². The molecule has 1 rings (SSSR count). The molecule has 0 amide bonds. The molecule has 0 saturated carbocycles. The van der Waals surface area contributed by atoms with Gasteiger partial charge in [0, 0.05) is 19.6 Å². The maximum Gasteiger partial charge on any atom is 0.0965 e. The number of halogens is 1. The number of aromatic nitrogens is 1. The standard InChI is InChI=1S/C7H10BrNS/c1-4(2)7-9-5(3)6(8)10-7/h4H,1-3H3/i1D3,2D3,3D3,4D. The van der Waals surface area contributed by atoms with Crippen molar-refractivity contribution in [3.8, 4) is 0 Å². The molecule has 1 aromatic heterocycles. The second-order valence-electron chi connectivity index (χ2n) is 1.52. The van der Waals surface area contributed by atoms with Crippen molar-refractivity contribution in [2.45, 2.75) is 26.4 Å². The largest absolute Gasteiger partial charge is 0.245 e. The van der Waals surface area contributed by atoms with E-state index in [1.165, 1.54) is 0 Å². The minimum Gasteiger partial charge on any atom is -0.245 e.